The number of esters is 1. The maximum Gasteiger partial charge on any atom is 0.340 e. The highest BCUT2D eigenvalue weighted by Gasteiger charge is 2.33. The SMILES string of the molecule is CC(C)(C)c1cc(-c2cn(C3CCCC3)c3ncnc(N)c23)ccc1NS(=O)(=O)c1ccccc1.COC(=O)c1cc(-c2cn(C3CCCC3)c3ncnc(N)c23)ccc1NS(=O)(=O)c1ccccc1.NC(=O)c1cc(-c2cn(C3CCCC3)c3ncnc(N)c23)ccc1NS(=O)(=O)c1ccccc1.Nc1ncnc2c1c(-c1ccc(NS(=O)(=O)c3ccccc3)c(C(=O)O)c1)cn2C1CCCC1. The van der Waals surface area contributed by atoms with Gasteiger partial charge < -0.3 is 56.8 Å². The van der Waals surface area contributed by atoms with Gasteiger partial charge in [0.25, 0.3) is 46.0 Å². The van der Waals surface area contributed by atoms with Gasteiger partial charge in [-0.1, -0.05) is 169 Å². The normalized spacial score (nSPS) is 14.6. The summed E-state index contributed by atoms with van der Waals surface area (Å²) in [7, 11) is -14.2. The second-order valence-corrected chi connectivity index (χ2v) is 42.2. The molecule has 710 valence electrons. The number of benzene rings is 8. The molecule has 0 saturated heterocycles. The Morgan fingerprint density at radius 3 is 0.862 bits per heavy atom. The Hall–Kier alpha value is -15.2. The molecule has 0 bridgehead atoms. The third-order valence-corrected chi connectivity index (χ3v) is 31.2. The number of fused-ring (bicyclic) bond motifs is 4. The van der Waals surface area contributed by atoms with E-state index in [1.165, 1.54) is 99.9 Å². The van der Waals surface area contributed by atoms with Crippen molar-refractivity contribution in [3.05, 3.63) is 266 Å². The summed E-state index contributed by atoms with van der Waals surface area (Å²) in [5.74, 6) is -1.23. The Kier molecular flexibility index (Phi) is 26.9. The first-order chi connectivity index (χ1) is 66.2. The van der Waals surface area contributed by atoms with Crippen LogP contribution in [0.5, 0.6) is 0 Å². The molecule has 138 heavy (non-hydrogen) atoms. The molecule has 0 spiro atoms. The van der Waals surface area contributed by atoms with E-state index in [0.717, 1.165) is 140 Å². The van der Waals surface area contributed by atoms with E-state index in [0.29, 0.717) is 97.2 Å². The van der Waals surface area contributed by atoms with Gasteiger partial charge in [0.15, 0.2) is 0 Å². The molecule has 0 atom stereocenters. The summed E-state index contributed by atoms with van der Waals surface area (Å²) in [4.78, 5) is 72.3. The quantitative estimate of drug-likeness (QED) is 0.0266. The number of amides is 1. The summed E-state index contributed by atoms with van der Waals surface area (Å²) in [6.07, 6.45) is 31.8. The number of aromatic carboxylic acids is 1. The summed E-state index contributed by atoms with van der Waals surface area (Å²) in [6, 6.07) is 53.6. The standard InChI is InChI=1S/C27H31N5O2S.C25H25N5O4S.C24H24N6O3S.C24H23N5O4S/c1-27(2,3)22-15-18(13-14-23(22)31-35(33,34)20-11-5-4-6-12-20)21-16-32(19-9-7-8-10-19)26-24(21)25(28)29-17-30-26;1-34-25(31)19-13-16(11-12-21(19)29-35(32,33)18-9-3-2-4-10-18)20-14-30(17-7-5-6-8-17)24-22(20)23(26)27-15-28-24;25-22-21-19(13-30(16-6-4-5-7-16)24(21)28-14-27-22)15-10-11-20(18(12-15)23(26)31)29-34(32,33)17-8-2-1-3-9-17;25-22-21-19(13-29(16-6-4-5-7-16)23(21)27-14-26-22)15-10-11-20(18(12-15)24(30)31)28-34(32,33)17-8-2-1-3-9-17/h4-6,11-17,19,31H,7-10H2,1-3H3,(H2,28,29,30);2-4,9-15,17,29H,5-8H2,1H3,(H2,26,27,28);1-3,8-14,16,29H,4-7H2,(H2,26,31)(H2,25,27,28);1-3,8-14,16,28H,4-7H2,(H,30,31)(H2,25,26,27). The van der Waals surface area contributed by atoms with E-state index in [1.54, 1.807) is 121 Å². The maximum atomic E-state index is 13.1. The monoisotopic (exact) mass is 1930 g/mol. The first-order valence-corrected chi connectivity index (χ1v) is 51.1. The minimum absolute atomic E-state index is 0.0242. The van der Waals surface area contributed by atoms with Gasteiger partial charge in [-0.05, 0) is 182 Å². The molecule has 4 saturated carbocycles. The molecule has 34 nitrogen and oxygen atoms in total. The van der Waals surface area contributed by atoms with Gasteiger partial charge in [-0.15, -0.1) is 0 Å². The molecule has 0 unspecified atom stereocenters. The van der Waals surface area contributed by atoms with Crippen molar-refractivity contribution in [2.75, 3.05) is 48.9 Å². The number of methoxy groups -OCH3 is 1. The van der Waals surface area contributed by atoms with Crippen LogP contribution in [0, 0.1) is 0 Å². The van der Waals surface area contributed by atoms with E-state index in [2.05, 4.69) is 110 Å². The Bertz CT molecular complexity index is 7580. The Labute approximate surface area is 797 Å². The van der Waals surface area contributed by atoms with Crippen molar-refractivity contribution in [1.82, 2.24) is 58.1 Å². The summed E-state index contributed by atoms with van der Waals surface area (Å²) in [6.45, 7) is 6.23. The van der Waals surface area contributed by atoms with E-state index >= 15 is 0 Å². The lowest BCUT2D eigenvalue weighted by atomic mass is 9.84. The molecule has 38 heteroatoms. The molecule has 1 amide bonds. The average Bonchev–Trinajstić information content (AvgIpc) is 1.61. The van der Waals surface area contributed by atoms with E-state index < -0.39 is 57.9 Å². The first kappa shape index (κ1) is 94.6. The van der Waals surface area contributed by atoms with Crippen LogP contribution in [0.3, 0.4) is 0 Å². The van der Waals surface area contributed by atoms with Gasteiger partial charge in [-0.3, -0.25) is 23.7 Å². The minimum Gasteiger partial charge on any atom is -0.478 e. The molecule has 4 aliphatic carbocycles. The van der Waals surface area contributed by atoms with Crippen molar-refractivity contribution < 1.29 is 57.9 Å². The second-order valence-electron chi connectivity index (χ2n) is 35.5. The van der Waals surface area contributed by atoms with Crippen LogP contribution in [0.2, 0.25) is 0 Å². The zero-order chi connectivity index (χ0) is 97.1. The number of rotatable bonds is 23. The number of nitrogens with zero attached hydrogens (tertiary/aromatic N) is 12. The zero-order valence-corrected chi connectivity index (χ0v) is 79.2. The van der Waals surface area contributed by atoms with Crippen LogP contribution < -0.4 is 47.6 Å². The lowest BCUT2D eigenvalue weighted by molar-refractivity contribution is 0.0600. The predicted molar refractivity (Wildman–Crippen MR) is 534 cm³/mol. The van der Waals surface area contributed by atoms with E-state index in [-0.39, 0.29) is 58.7 Å². The number of carboxylic acid groups (broad SMARTS) is 1. The smallest absolute Gasteiger partial charge is 0.340 e. The van der Waals surface area contributed by atoms with Crippen LogP contribution >= 0.6 is 0 Å². The number of nitrogens with one attached hydrogen (secondary N) is 4. The highest BCUT2D eigenvalue weighted by molar-refractivity contribution is 7.93. The van der Waals surface area contributed by atoms with Gasteiger partial charge in [0.1, 0.15) is 71.2 Å². The summed E-state index contributed by atoms with van der Waals surface area (Å²) >= 11 is 0. The number of hydrogen-bond donors (Lipinski definition) is 10. The van der Waals surface area contributed by atoms with Crippen molar-refractivity contribution in [3.8, 4) is 44.5 Å². The Balaban J connectivity index is 0.000000127. The van der Waals surface area contributed by atoms with Gasteiger partial charge in [-0.25, -0.2) is 83.1 Å². The maximum absolute atomic E-state index is 13.1. The number of carbonyl (C=O) groups excluding carboxylic acids is 2. The van der Waals surface area contributed by atoms with E-state index in [9.17, 15) is 53.2 Å². The van der Waals surface area contributed by atoms with Crippen LogP contribution in [0.15, 0.2) is 264 Å². The van der Waals surface area contributed by atoms with Crippen molar-refractivity contribution in [1.29, 1.82) is 0 Å². The number of sulfonamides is 4. The average molecular weight is 1940 g/mol. The van der Waals surface area contributed by atoms with Crippen molar-refractivity contribution in [3.63, 3.8) is 0 Å². The van der Waals surface area contributed by atoms with Crippen LogP contribution in [0.4, 0.5) is 46.0 Å². The lowest BCUT2D eigenvalue weighted by Crippen LogP contribution is -2.19. The summed E-state index contributed by atoms with van der Waals surface area (Å²) in [5.41, 5.74) is 41.1. The zero-order valence-electron chi connectivity index (χ0n) is 75.9. The fourth-order valence-electron chi connectivity index (χ4n) is 18.8. The number of ether oxygens (including phenoxy) is 1. The molecule has 4 fully saturated rings. The number of aromatic nitrogens is 12. The topological polar surface area (TPSA) is 518 Å². The summed E-state index contributed by atoms with van der Waals surface area (Å²) < 4.78 is 127. The van der Waals surface area contributed by atoms with Crippen LogP contribution in [-0.4, -0.2) is 122 Å². The van der Waals surface area contributed by atoms with Crippen molar-refractivity contribution in [2.24, 2.45) is 5.73 Å². The van der Waals surface area contributed by atoms with Gasteiger partial charge in [0.05, 0.1) is 87.7 Å². The minimum atomic E-state index is -3.95. The fraction of sp³-hybridized carbons (Fsp3) is 0.250. The largest absolute Gasteiger partial charge is 0.478 e. The van der Waals surface area contributed by atoms with Crippen molar-refractivity contribution in [2.45, 2.75) is 173 Å². The van der Waals surface area contributed by atoms with Crippen LogP contribution in [0.25, 0.3) is 88.6 Å². The third-order valence-electron chi connectivity index (χ3n) is 25.6. The molecule has 0 radical (unpaired) electrons. The molecular formula is C100H103N21O13S4. The number of hydrogen-bond acceptors (Lipinski definition) is 24. The highest BCUT2D eigenvalue weighted by Crippen LogP contribution is 2.47. The van der Waals surface area contributed by atoms with Crippen molar-refractivity contribution >= 4 is 148 Å². The fourth-order valence-corrected chi connectivity index (χ4v) is 23.3. The van der Waals surface area contributed by atoms with Crippen LogP contribution in [0.1, 0.15) is 184 Å². The lowest BCUT2D eigenvalue weighted by Gasteiger charge is -2.24. The Morgan fingerprint density at radius 1 is 0.348 bits per heavy atom. The number of anilines is 8. The van der Waals surface area contributed by atoms with Gasteiger partial charge in [-0.2, -0.15) is 0 Å². The molecule has 20 rings (SSSR count). The van der Waals surface area contributed by atoms with E-state index in [1.807, 2.05) is 30.7 Å². The first-order valence-electron chi connectivity index (χ1n) is 45.2. The predicted octanol–water partition coefficient (Wildman–Crippen LogP) is 18.3. The molecule has 15 N–H and O–H groups in total. The number of carboxylic acids is 1. The molecule has 8 heterocycles. The molecule has 8 aromatic carbocycles. The number of nitrogen functional groups attached to an aromatic ring is 4. The summed E-state index contributed by atoms with van der Waals surface area (Å²) in [5, 5.41) is 12.8. The number of nitrogens with two attached hydrogens (primary N) is 5. The molecule has 16 aromatic rings. The molecule has 4 aliphatic rings. The van der Waals surface area contributed by atoms with Gasteiger partial charge >= 0.3 is 11.9 Å². The number of carbonyl (C=O) groups is 3. The third kappa shape index (κ3) is 19.7. The molecule has 0 aliphatic heterocycles. The highest BCUT2D eigenvalue weighted by atomic mass is 32.2. The van der Waals surface area contributed by atoms with Gasteiger partial charge in [0, 0.05) is 71.2 Å². The van der Waals surface area contributed by atoms with Gasteiger partial charge in [0.2, 0.25) is 0 Å². The number of primary amides is 1. The van der Waals surface area contributed by atoms with Crippen LogP contribution in [-0.2, 0) is 50.2 Å². The molecular weight excluding hydrogens is 1830 g/mol. The molecule has 8 aromatic heterocycles. The van der Waals surface area contributed by atoms with E-state index in [4.69, 9.17) is 33.4 Å². The Morgan fingerprint density at radius 2 is 0.594 bits per heavy atom. The second kappa shape index (κ2) is 39.3.